The van der Waals surface area contributed by atoms with Crippen LogP contribution in [0.15, 0.2) is 66.7 Å². The van der Waals surface area contributed by atoms with Crippen LogP contribution >= 0.6 is 11.6 Å². The van der Waals surface area contributed by atoms with E-state index in [-0.39, 0.29) is 24.3 Å². The second kappa shape index (κ2) is 8.28. The van der Waals surface area contributed by atoms with E-state index in [1.54, 1.807) is 21.9 Å². The first-order valence-corrected chi connectivity index (χ1v) is 11.0. The number of amides is 3. The Morgan fingerprint density at radius 2 is 1.72 bits per heavy atom. The van der Waals surface area contributed by atoms with Gasteiger partial charge in [-0.25, -0.2) is 0 Å². The fourth-order valence-corrected chi connectivity index (χ4v) is 4.61. The van der Waals surface area contributed by atoms with Gasteiger partial charge in [-0.2, -0.15) is 0 Å². The SMILES string of the molecule is O=C1N[C@@H](Cc2ccc(Cl)cc2)C(=O)N2CCN(C(=O)c3ccc4ccccc4c3)C[C@H]12. The van der Waals surface area contributed by atoms with Gasteiger partial charge in [0.1, 0.15) is 12.1 Å². The maximum Gasteiger partial charge on any atom is 0.254 e. The van der Waals surface area contributed by atoms with Crippen molar-refractivity contribution in [2.45, 2.75) is 18.5 Å². The Labute approximate surface area is 190 Å². The van der Waals surface area contributed by atoms with Gasteiger partial charge in [0.05, 0.1) is 6.54 Å². The molecule has 32 heavy (non-hydrogen) atoms. The average Bonchev–Trinajstić information content (AvgIpc) is 2.82. The van der Waals surface area contributed by atoms with Crippen molar-refractivity contribution in [2.75, 3.05) is 19.6 Å². The van der Waals surface area contributed by atoms with Gasteiger partial charge in [-0.05, 0) is 40.6 Å². The summed E-state index contributed by atoms with van der Waals surface area (Å²) in [5.74, 6) is -0.458. The summed E-state index contributed by atoms with van der Waals surface area (Å²) >= 11 is 5.93. The molecule has 5 rings (SSSR count). The van der Waals surface area contributed by atoms with Gasteiger partial charge in [0.2, 0.25) is 11.8 Å². The number of nitrogens with zero attached hydrogens (tertiary/aromatic N) is 2. The highest BCUT2D eigenvalue weighted by Crippen LogP contribution is 2.22. The Kier molecular flexibility index (Phi) is 5.31. The molecule has 3 amide bonds. The van der Waals surface area contributed by atoms with Crippen molar-refractivity contribution in [1.29, 1.82) is 0 Å². The standard InChI is InChI=1S/C25H22ClN3O3/c26-20-9-5-16(6-10-20)13-21-25(32)29-12-11-28(15-22(29)23(30)27-21)24(31)19-8-7-17-3-1-2-4-18(17)14-19/h1-10,14,21-22H,11-13,15H2,(H,27,30)/t21-,22+/m0/s1. The first kappa shape index (κ1) is 20.5. The van der Waals surface area contributed by atoms with E-state index in [9.17, 15) is 14.4 Å². The molecule has 1 N–H and O–H groups in total. The van der Waals surface area contributed by atoms with Crippen LogP contribution in [-0.4, -0.2) is 59.2 Å². The molecule has 2 aliphatic heterocycles. The zero-order valence-electron chi connectivity index (χ0n) is 17.3. The third kappa shape index (κ3) is 3.82. The van der Waals surface area contributed by atoms with Crippen molar-refractivity contribution >= 4 is 40.1 Å². The Bertz CT molecular complexity index is 1210. The molecule has 0 aromatic heterocycles. The maximum absolute atomic E-state index is 13.1. The fraction of sp³-hybridized carbons (Fsp3) is 0.240. The van der Waals surface area contributed by atoms with Crippen molar-refractivity contribution in [3.8, 4) is 0 Å². The second-order valence-electron chi connectivity index (χ2n) is 8.25. The van der Waals surface area contributed by atoms with Crippen LogP contribution in [0.5, 0.6) is 0 Å². The minimum Gasteiger partial charge on any atom is -0.342 e. The van der Waals surface area contributed by atoms with Gasteiger partial charge >= 0.3 is 0 Å². The van der Waals surface area contributed by atoms with Crippen LogP contribution in [0.1, 0.15) is 15.9 Å². The van der Waals surface area contributed by atoms with Gasteiger partial charge in [-0.3, -0.25) is 14.4 Å². The highest BCUT2D eigenvalue weighted by molar-refractivity contribution is 6.30. The largest absolute Gasteiger partial charge is 0.342 e. The number of nitrogens with one attached hydrogen (secondary N) is 1. The van der Waals surface area contributed by atoms with Gasteiger partial charge in [0.15, 0.2) is 0 Å². The topological polar surface area (TPSA) is 69.7 Å². The van der Waals surface area contributed by atoms with Crippen LogP contribution < -0.4 is 5.32 Å². The third-order valence-corrected chi connectivity index (χ3v) is 6.47. The van der Waals surface area contributed by atoms with Crippen molar-refractivity contribution in [1.82, 2.24) is 15.1 Å². The fourth-order valence-electron chi connectivity index (χ4n) is 4.48. The van der Waals surface area contributed by atoms with Gasteiger partial charge in [0, 0.05) is 30.1 Å². The zero-order valence-corrected chi connectivity index (χ0v) is 18.1. The van der Waals surface area contributed by atoms with Gasteiger partial charge in [0.25, 0.3) is 5.91 Å². The molecule has 0 bridgehead atoms. The van der Waals surface area contributed by atoms with Crippen molar-refractivity contribution in [3.63, 3.8) is 0 Å². The van der Waals surface area contributed by atoms with Crippen molar-refractivity contribution in [2.24, 2.45) is 0 Å². The number of carbonyl (C=O) groups excluding carboxylic acids is 3. The van der Waals surface area contributed by atoms with Crippen LogP contribution in [0, 0.1) is 0 Å². The lowest BCUT2D eigenvalue weighted by Crippen LogP contribution is -2.70. The lowest BCUT2D eigenvalue weighted by atomic mass is 9.98. The van der Waals surface area contributed by atoms with Crippen LogP contribution in [-0.2, 0) is 16.0 Å². The molecule has 7 heteroatoms. The number of piperazine rings is 2. The number of fused-ring (bicyclic) bond motifs is 2. The minimum atomic E-state index is -0.665. The highest BCUT2D eigenvalue weighted by atomic mass is 35.5. The Morgan fingerprint density at radius 1 is 0.969 bits per heavy atom. The maximum atomic E-state index is 13.1. The van der Waals surface area contributed by atoms with E-state index in [1.807, 2.05) is 54.6 Å². The zero-order chi connectivity index (χ0) is 22.2. The van der Waals surface area contributed by atoms with Crippen LogP contribution in [0.25, 0.3) is 10.8 Å². The molecule has 2 atom stereocenters. The molecule has 0 saturated carbocycles. The summed E-state index contributed by atoms with van der Waals surface area (Å²) in [5, 5.41) is 5.54. The smallest absolute Gasteiger partial charge is 0.254 e. The molecule has 2 fully saturated rings. The lowest BCUT2D eigenvalue weighted by Gasteiger charge is -2.45. The Morgan fingerprint density at radius 3 is 2.50 bits per heavy atom. The minimum absolute atomic E-state index is 0.109. The molecule has 3 aromatic rings. The number of benzene rings is 3. The molecule has 2 saturated heterocycles. The average molecular weight is 448 g/mol. The van der Waals surface area contributed by atoms with E-state index in [4.69, 9.17) is 11.6 Å². The van der Waals surface area contributed by atoms with E-state index >= 15 is 0 Å². The molecule has 2 heterocycles. The predicted octanol–water partition coefficient (Wildman–Crippen LogP) is 2.89. The molecule has 3 aromatic carbocycles. The van der Waals surface area contributed by atoms with E-state index < -0.39 is 12.1 Å². The predicted molar refractivity (Wildman–Crippen MR) is 122 cm³/mol. The number of rotatable bonds is 3. The number of carbonyl (C=O) groups is 3. The van der Waals surface area contributed by atoms with E-state index in [1.165, 1.54) is 0 Å². The van der Waals surface area contributed by atoms with Gasteiger partial charge in [-0.1, -0.05) is 54.1 Å². The van der Waals surface area contributed by atoms with E-state index in [0.717, 1.165) is 16.3 Å². The van der Waals surface area contributed by atoms with Gasteiger partial charge < -0.3 is 15.1 Å². The quantitative estimate of drug-likeness (QED) is 0.671. The second-order valence-corrected chi connectivity index (χ2v) is 8.69. The van der Waals surface area contributed by atoms with Crippen LogP contribution in [0.3, 0.4) is 0 Å². The lowest BCUT2D eigenvalue weighted by molar-refractivity contribution is -0.152. The summed E-state index contributed by atoms with van der Waals surface area (Å²) in [4.78, 5) is 42.3. The van der Waals surface area contributed by atoms with E-state index in [2.05, 4.69) is 5.32 Å². The molecule has 0 aliphatic carbocycles. The summed E-state index contributed by atoms with van der Waals surface area (Å²) in [6, 6.07) is 19.5. The molecule has 0 spiro atoms. The molecular formula is C25H22ClN3O3. The number of hydrogen-bond donors (Lipinski definition) is 1. The summed E-state index contributed by atoms with van der Waals surface area (Å²) in [7, 11) is 0. The van der Waals surface area contributed by atoms with E-state index in [0.29, 0.717) is 30.1 Å². The Hall–Kier alpha value is -3.38. The first-order valence-electron chi connectivity index (χ1n) is 10.6. The molecule has 0 radical (unpaired) electrons. The highest BCUT2D eigenvalue weighted by Gasteiger charge is 2.44. The number of hydrogen-bond acceptors (Lipinski definition) is 3. The Balaban J connectivity index is 1.29. The molecule has 6 nitrogen and oxygen atoms in total. The van der Waals surface area contributed by atoms with Crippen molar-refractivity contribution in [3.05, 3.63) is 82.9 Å². The molecule has 0 unspecified atom stereocenters. The molecular weight excluding hydrogens is 426 g/mol. The molecule has 162 valence electrons. The normalized spacial score (nSPS) is 20.8. The van der Waals surface area contributed by atoms with Gasteiger partial charge in [-0.15, -0.1) is 0 Å². The summed E-state index contributed by atoms with van der Waals surface area (Å²) in [6.07, 6.45) is 0.407. The third-order valence-electron chi connectivity index (χ3n) is 6.22. The van der Waals surface area contributed by atoms with Crippen LogP contribution in [0.2, 0.25) is 5.02 Å². The monoisotopic (exact) mass is 447 g/mol. The van der Waals surface area contributed by atoms with Crippen LogP contribution in [0.4, 0.5) is 0 Å². The summed E-state index contributed by atoms with van der Waals surface area (Å²) in [5.41, 5.74) is 1.51. The first-order chi connectivity index (χ1) is 15.5. The van der Waals surface area contributed by atoms with Crippen molar-refractivity contribution < 1.29 is 14.4 Å². The summed E-state index contributed by atoms with van der Waals surface area (Å²) < 4.78 is 0. The molecule has 2 aliphatic rings. The number of halogens is 1. The summed E-state index contributed by atoms with van der Waals surface area (Å²) in [6.45, 7) is 0.930.